The van der Waals surface area contributed by atoms with Crippen molar-refractivity contribution in [1.29, 1.82) is 0 Å². The van der Waals surface area contributed by atoms with Crippen molar-refractivity contribution in [3.8, 4) is 0 Å². The van der Waals surface area contributed by atoms with E-state index >= 15 is 0 Å². The van der Waals surface area contributed by atoms with Gasteiger partial charge in [0.05, 0.1) is 5.69 Å². The predicted molar refractivity (Wildman–Crippen MR) is 68.0 cm³/mol. The van der Waals surface area contributed by atoms with E-state index in [9.17, 15) is 8.60 Å². The Bertz CT molecular complexity index is 400. The highest BCUT2D eigenvalue weighted by atomic mass is 32.2. The molecule has 4 nitrogen and oxygen atoms in total. The third kappa shape index (κ3) is 4.38. The Hall–Kier alpha value is -1.04. The highest BCUT2D eigenvalue weighted by molar-refractivity contribution is 7.84. The summed E-state index contributed by atoms with van der Waals surface area (Å²) in [6, 6.07) is 0.0352. The topological polar surface area (TPSA) is 54.9 Å². The summed E-state index contributed by atoms with van der Waals surface area (Å²) in [6.07, 6.45) is 4.27. The van der Waals surface area contributed by atoms with Crippen LogP contribution >= 0.6 is 0 Å². The van der Waals surface area contributed by atoms with Crippen LogP contribution < -0.4 is 5.32 Å². The lowest BCUT2D eigenvalue weighted by Crippen LogP contribution is -2.20. The second-order valence-electron chi connectivity index (χ2n) is 3.95. The summed E-state index contributed by atoms with van der Waals surface area (Å²) in [5.74, 6) is 0.437. The molecule has 0 aliphatic carbocycles. The summed E-state index contributed by atoms with van der Waals surface area (Å²) in [7, 11) is -0.822. The van der Waals surface area contributed by atoms with Gasteiger partial charge in [-0.25, -0.2) is 14.4 Å². The van der Waals surface area contributed by atoms with Gasteiger partial charge in [-0.1, -0.05) is 6.92 Å². The van der Waals surface area contributed by atoms with Crippen LogP contribution in [0, 0.1) is 5.82 Å². The molecule has 6 heteroatoms. The molecule has 0 fully saturated rings. The molecular weight excluding hydrogens is 241 g/mol. The van der Waals surface area contributed by atoms with Crippen LogP contribution in [-0.2, 0) is 17.2 Å². The number of hydrogen-bond acceptors (Lipinski definition) is 4. The fraction of sp³-hybridized carbons (Fsp3) is 0.636. The molecule has 2 unspecified atom stereocenters. The molecule has 0 radical (unpaired) electrons. The Kier molecular flexibility index (Phi) is 5.47. The van der Waals surface area contributed by atoms with E-state index in [2.05, 4.69) is 15.3 Å². The first kappa shape index (κ1) is 14.0. The summed E-state index contributed by atoms with van der Waals surface area (Å²) in [4.78, 5) is 7.75. The largest absolute Gasteiger partial charge is 0.365 e. The molecule has 1 rings (SSSR count). The van der Waals surface area contributed by atoms with Gasteiger partial charge in [0.25, 0.3) is 0 Å². The normalized spacial score (nSPS) is 14.4. The monoisotopic (exact) mass is 259 g/mol. The van der Waals surface area contributed by atoms with Crippen molar-refractivity contribution >= 4 is 16.6 Å². The number of anilines is 1. The summed E-state index contributed by atoms with van der Waals surface area (Å²) < 4.78 is 24.7. The van der Waals surface area contributed by atoms with Crippen LogP contribution in [0.1, 0.15) is 26.0 Å². The van der Waals surface area contributed by atoms with Gasteiger partial charge < -0.3 is 5.32 Å². The first-order chi connectivity index (χ1) is 8.04. The van der Waals surface area contributed by atoms with Gasteiger partial charge in [0.2, 0.25) is 0 Å². The molecule has 0 amide bonds. The standard InChI is InChI=1S/C11H18FN3OS/c1-4-9-10(12)11(14-7-13-9)15-8(2)5-6-17(3)16/h7-8H,4-6H2,1-3H3,(H,13,14,15). The molecule has 1 N–H and O–H groups in total. The lowest BCUT2D eigenvalue weighted by atomic mass is 10.2. The van der Waals surface area contributed by atoms with Crippen molar-refractivity contribution < 1.29 is 8.60 Å². The number of aromatic nitrogens is 2. The van der Waals surface area contributed by atoms with E-state index in [4.69, 9.17) is 0 Å². The first-order valence-electron chi connectivity index (χ1n) is 5.60. The average Bonchev–Trinajstić information content (AvgIpc) is 2.29. The summed E-state index contributed by atoms with van der Waals surface area (Å²) in [5.41, 5.74) is 0.411. The minimum Gasteiger partial charge on any atom is -0.365 e. The molecular formula is C11H18FN3OS. The van der Waals surface area contributed by atoms with Gasteiger partial charge in [-0.15, -0.1) is 0 Å². The number of nitrogens with zero attached hydrogens (tertiary/aromatic N) is 2. The minimum absolute atomic E-state index is 0.0352. The molecule has 2 atom stereocenters. The molecule has 0 aromatic carbocycles. The van der Waals surface area contributed by atoms with Crippen LogP contribution in [0.5, 0.6) is 0 Å². The van der Waals surface area contributed by atoms with Gasteiger partial charge in [0, 0.05) is 28.9 Å². The minimum atomic E-state index is -0.822. The van der Waals surface area contributed by atoms with Gasteiger partial charge in [-0.3, -0.25) is 4.21 Å². The highest BCUT2D eigenvalue weighted by Crippen LogP contribution is 2.14. The number of hydrogen-bond donors (Lipinski definition) is 1. The van der Waals surface area contributed by atoms with Crippen molar-refractivity contribution in [2.24, 2.45) is 0 Å². The molecule has 96 valence electrons. The zero-order chi connectivity index (χ0) is 12.8. The predicted octanol–water partition coefficient (Wildman–Crippen LogP) is 1.75. The Morgan fingerprint density at radius 1 is 1.53 bits per heavy atom. The van der Waals surface area contributed by atoms with Crippen LogP contribution in [0.4, 0.5) is 10.2 Å². The zero-order valence-electron chi connectivity index (χ0n) is 10.4. The van der Waals surface area contributed by atoms with E-state index in [-0.39, 0.29) is 17.7 Å². The fourth-order valence-electron chi connectivity index (χ4n) is 1.40. The first-order valence-corrected chi connectivity index (χ1v) is 7.33. The number of nitrogens with one attached hydrogen (secondary N) is 1. The van der Waals surface area contributed by atoms with Crippen molar-refractivity contribution in [2.75, 3.05) is 17.3 Å². The van der Waals surface area contributed by atoms with Gasteiger partial charge in [0.1, 0.15) is 6.33 Å². The van der Waals surface area contributed by atoms with E-state index in [0.717, 1.165) is 0 Å². The van der Waals surface area contributed by atoms with Gasteiger partial charge >= 0.3 is 0 Å². The van der Waals surface area contributed by atoms with Crippen LogP contribution in [0.25, 0.3) is 0 Å². The van der Waals surface area contributed by atoms with Gasteiger partial charge in [-0.05, 0) is 19.8 Å². The Morgan fingerprint density at radius 2 is 2.24 bits per heavy atom. The van der Waals surface area contributed by atoms with E-state index in [1.807, 2.05) is 13.8 Å². The van der Waals surface area contributed by atoms with Crippen LogP contribution in [0.3, 0.4) is 0 Å². The van der Waals surface area contributed by atoms with E-state index < -0.39 is 10.8 Å². The number of aryl methyl sites for hydroxylation is 1. The summed E-state index contributed by atoms with van der Waals surface area (Å²) >= 11 is 0. The molecule has 0 bridgehead atoms. The SMILES string of the molecule is CCc1ncnc(NC(C)CCS(C)=O)c1F. The lowest BCUT2D eigenvalue weighted by Gasteiger charge is -2.14. The Morgan fingerprint density at radius 3 is 2.82 bits per heavy atom. The zero-order valence-corrected chi connectivity index (χ0v) is 11.2. The molecule has 0 aliphatic heterocycles. The summed E-state index contributed by atoms with van der Waals surface area (Å²) in [6.45, 7) is 3.76. The molecule has 1 aromatic heterocycles. The van der Waals surface area contributed by atoms with E-state index in [1.54, 1.807) is 6.26 Å². The maximum absolute atomic E-state index is 13.8. The number of rotatable bonds is 6. The fourth-order valence-corrected chi connectivity index (χ4v) is 2.09. The second-order valence-corrected chi connectivity index (χ2v) is 5.50. The van der Waals surface area contributed by atoms with Crippen molar-refractivity contribution in [1.82, 2.24) is 9.97 Å². The van der Waals surface area contributed by atoms with Gasteiger partial charge in [-0.2, -0.15) is 0 Å². The third-order valence-electron chi connectivity index (χ3n) is 2.42. The smallest absolute Gasteiger partial charge is 0.186 e. The third-order valence-corrected chi connectivity index (χ3v) is 3.23. The molecule has 0 saturated carbocycles. The molecule has 0 spiro atoms. The van der Waals surface area contributed by atoms with E-state index in [1.165, 1.54) is 6.33 Å². The Balaban J connectivity index is 2.64. The molecule has 0 saturated heterocycles. The maximum Gasteiger partial charge on any atom is 0.186 e. The molecule has 0 aliphatic rings. The van der Waals surface area contributed by atoms with Crippen molar-refractivity contribution in [3.05, 3.63) is 17.8 Å². The van der Waals surface area contributed by atoms with Crippen molar-refractivity contribution in [3.63, 3.8) is 0 Å². The molecule has 1 heterocycles. The lowest BCUT2D eigenvalue weighted by molar-refractivity contribution is 0.592. The average molecular weight is 259 g/mol. The van der Waals surface area contributed by atoms with Crippen LogP contribution in [0.2, 0.25) is 0 Å². The van der Waals surface area contributed by atoms with Gasteiger partial charge in [0.15, 0.2) is 11.6 Å². The molecule has 1 aromatic rings. The Labute approximate surface area is 104 Å². The van der Waals surface area contributed by atoms with Crippen LogP contribution in [0.15, 0.2) is 6.33 Å². The summed E-state index contributed by atoms with van der Waals surface area (Å²) in [5, 5.41) is 2.98. The maximum atomic E-state index is 13.8. The highest BCUT2D eigenvalue weighted by Gasteiger charge is 2.12. The van der Waals surface area contributed by atoms with Crippen molar-refractivity contribution in [2.45, 2.75) is 32.7 Å². The molecule has 17 heavy (non-hydrogen) atoms. The number of halogens is 1. The van der Waals surface area contributed by atoms with Crippen LogP contribution in [-0.4, -0.2) is 32.2 Å². The second kappa shape index (κ2) is 6.64. The quantitative estimate of drug-likeness (QED) is 0.845. The van der Waals surface area contributed by atoms with E-state index in [0.29, 0.717) is 24.3 Å².